The van der Waals surface area contributed by atoms with Crippen molar-refractivity contribution in [2.24, 2.45) is 0 Å². The molecule has 2 saturated heterocycles. The highest BCUT2D eigenvalue weighted by atomic mass is 28.4. The molecule has 0 saturated carbocycles. The van der Waals surface area contributed by atoms with Gasteiger partial charge in [-0.25, -0.2) is 0 Å². The zero-order valence-electron chi connectivity index (χ0n) is 15.4. The van der Waals surface area contributed by atoms with Crippen molar-refractivity contribution in [2.45, 2.75) is 88.9 Å². The smallest absolute Gasteiger partial charge is 0.192 e. The lowest BCUT2D eigenvalue weighted by Gasteiger charge is -2.43. The summed E-state index contributed by atoms with van der Waals surface area (Å²) in [7, 11) is -1.90. The number of hydrogen-bond acceptors (Lipinski definition) is 6. The van der Waals surface area contributed by atoms with Crippen molar-refractivity contribution in [3.63, 3.8) is 0 Å². The molecule has 7 heteroatoms. The maximum atomic E-state index is 10.7. The Morgan fingerprint density at radius 2 is 1.70 bits per heavy atom. The predicted molar refractivity (Wildman–Crippen MR) is 90.8 cm³/mol. The van der Waals surface area contributed by atoms with Crippen LogP contribution in [0, 0.1) is 0 Å². The molecule has 2 aliphatic heterocycles. The summed E-state index contributed by atoms with van der Waals surface area (Å²) in [4.78, 5) is 0. The number of nitrogens with one attached hydrogen (secondary N) is 1. The van der Waals surface area contributed by atoms with Crippen molar-refractivity contribution in [2.75, 3.05) is 13.2 Å². The van der Waals surface area contributed by atoms with Gasteiger partial charge in [-0.15, -0.1) is 0 Å². The van der Waals surface area contributed by atoms with Crippen molar-refractivity contribution >= 4 is 8.32 Å². The Morgan fingerprint density at radius 3 is 2.22 bits per heavy atom. The number of aliphatic hydroxyl groups excluding tert-OH is 2. The second-order valence-electron chi connectivity index (χ2n) is 8.69. The van der Waals surface area contributed by atoms with E-state index in [9.17, 15) is 10.2 Å². The van der Waals surface area contributed by atoms with E-state index in [4.69, 9.17) is 13.9 Å². The summed E-state index contributed by atoms with van der Waals surface area (Å²) in [6.07, 6.45) is -1.53. The first-order valence-electron chi connectivity index (χ1n) is 8.42. The second-order valence-corrected chi connectivity index (χ2v) is 13.5. The molecule has 6 nitrogen and oxygen atoms in total. The first kappa shape index (κ1) is 19.3. The third-order valence-electron chi connectivity index (χ3n) is 5.36. The van der Waals surface area contributed by atoms with Crippen LogP contribution in [-0.4, -0.2) is 67.9 Å². The highest BCUT2D eigenvalue weighted by Gasteiger charge is 2.54. The Hall–Kier alpha value is -0.0231. The lowest BCUT2D eigenvalue weighted by molar-refractivity contribution is -0.154. The normalized spacial score (nSPS) is 37.7. The fourth-order valence-corrected chi connectivity index (χ4v) is 3.94. The average Bonchev–Trinajstić information content (AvgIpc) is 2.73. The number of fused-ring (bicyclic) bond motifs is 1. The summed E-state index contributed by atoms with van der Waals surface area (Å²) in [5.41, 5.74) is 0. The third-order valence-corrected chi connectivity index (χ3v) is 9.86. The van der Waals surface area contributed by atoms with Crippen molar-refractivity contribution in [1.29, 1.82) is 0 Å². The quantitative estimate of drug-likeness (QED) is 0.664. The molecule has 0 aromatic heterocycles. The maximum absolute atomic E-state index is 10.7. The van der Waals surface area contributed by atoms with E-state index < -0.39 is 26.3 Å². The maximum Gasteiger partial charge on any atom is 0.192 e. The molecule has 0 aliphatic carbocycles. The fourth-order valence-electron chi connectivity index (χ4n) is 2.91. The highest BCUT2D eigenvalue weighted by molar-refractivity contribution is 6.74. The molecule has 2 fully saturated rings. The van der Waals surface area contributed by atoms with Gasteiger partial charge in [-0.2, -0.15) is 0 Å². The monoisotopic (exact) mass is 347 g/mol. The van der Waals surface area contributed by atoms with Crippen LogP contribution in [0.1, 0.15) is 34.6 Å². The van der Waals surface area contributed by atoms with Gasteiger partial charge in [0.15, 0.2) is 14.1 Å². The number of ether oxygens (including phenoxy) is 2. The van der Waals surface area contributed by atoms with Crippen molar-refractivity contribution in [3.05, 3.63) is 0 Å². The highest BCUT2D eigenvalue weighted by Crippen LogP contribution is 2.38. The Balaban J connectivity index is 2.06. The zero-order chi connectivity index (χ0) is 17.6. The molecule has 5 atom stereocenters. The molecule has 3 N–H and O–H groups in total. The fraction of sp³-hybridized carbons (Fsp3) is 1.00. The van der Waals surface area contributed by atoms with Crippen LogP contribution in [0.25, 0.3) is 0 Å². The number of aliphatic hydroxyl groups is 2. The van der Waals surface area contributed by atoms with Gasteiger partial charge in [0, 0.05) is 0 Å². The van der Waals surface area contributed by atoms with E-state index in [2.05, 4.69) is 39.2 Å². The zero-order valence-corrected chi connectivity index (χ0v) is 16.4. The van der Waals surface area contributed by atoms with Crippen LogP contribution in [0.4, 0.5) is 0 Å². The Bertz CT molecular complexity index is 423. The van der Waals surface area contributed by atoms with E-state index in [1.165, 1.54) is 0 Å². The van der Waals surface area contributed by atoms with Gasteiger partial charge < -0.3 is 29.4 Å². The lowest BCUT2D eigenvalue weighted by atomic mass is 9.91. The minimum Gasteiger partial charge on any atom is -0.415 e. The molecule has 2 aliphatic rings. The van der Waals surface area contributed by atoms with Gasteiger partial charge in [-0.05, 0) is 32.0 Å². The third kappa shape index (κ3) is 3.97. The van der Waals surface area contributed by atoms with E-state index in [0.717, 1.165) is 0 Å². The summed E-state index contributed by atoms with van der Waals surface area (Å²) in [5.74, 6) is -0.749. The summed E-state index contributed by atoms with van der Waals surface area (Å²) in [6, 6.07) is -0.543. The molecule has 0 aromatic carbocycles. The van der Waals surface area contributed by atoms with E-state index in [-0.39, 0.29) is 29.8 Å². The Morgan fingerprint density at radius 1 is 1.13 bits per heavy atom. The van der Waals surface area contributed by atoms with Crippen LogP contribution in [-0.2, 0) is 13.9 Å². The van der Waals surface area contributed by atoms with Gasteiger partial charge in [0.2, 0.25) is 0 Å². The first-order chi connectivity index (χ1) is 10.4. The van der Waals surface area contributed by atoms with Crippen molar-refractivity contribution in [3.8, 4) is 0 Å². The van der Waals surface area contributed by atoms with Gasteiger partial charge in [-0.1, -0.05) is 20.8 Å². The minimum absolute atomic E-state index is 0.0656. The molecule has 23 heavy (non-hydrogen) atoms. The summed E-state index contributed by atoms with van der Waals surface area (Å²) in [5, 5.41) is 23.7. The number of rotatable bonds is 4. The molecule has 0 aromatic rings. The molecular weight excluding hydrogens is 314 g/mol. The standard InChI is InChI=1S/C16H33NO5Si/c1-15(2,3)23(6,7)20-9-11-12(19)14-13(10(8-18)17-11)21-16(4,5)22-14/h10-14,17-19H,8-9H2,1-7H3/t10-,11+,12-,13-,14+/m1/s1. The molecule has 136 valence electrons. The minimum atomic E-state index is -1.90. The van der Waals surface area contributed by atoms with Crippen LogP contribution in [0.15, 0.2) is 0 Å². The second kappa shape index (κ2) is 6.37. The van der Waals surface area contributed by atoms with E-state index in [1.807, 2.05) is 13.8 Å². The van der Waals surface area contributed by atoms with E-state index in [0.29, 0.717) is 6.61 Å². The molecule has 2 rings (SSSR count). The van der Waals surface area contributed by atoms with Crippen molar-refractivity contribution in [1.82, 2.24) is 5.32 Å². The lowest BCUT2D eigenvalue weighted by Crippen LogP contribution is -2.66. The first-order valence-corrected chi connectivity index (χ1v) is 11.3. The molecule has 0 bridgehead atoms. The summed E-state index contributed by atoms with van der Waals surface area (Å²) in [6.45, 7) is 14.9. The molecule has 0 amide bonds. The SMILES string of the molecule is CC1(C)O[C@H]2[C@H](O)[C@H](CO[Si](C)(C)C(C)(C)C)N[C@H](CO)[C@H]2O1. The number of piperidine rings is 1. The van der Waals surface area contributed by atoms with Crippen LogP contribution in [0.5, 0.6) is 0 Å². The molecule has 0 unspecified atom stereocenters. The van der Waals surface area contributed by atoms with Crippen LogP contribution in [0.3, 0.4) is 0 Å². The van der Waals surface area contributed by atoms with Crippen molar-refractivity contribution < 1.29 is 24.1 Å². The topological polar surface area (TPSA) is 80.2 Å². The summed E-state index contributed by atoms with van der Waals surface area (Å²) >= 11 is 0. The largest absolute Gasteiger partial charge is 0.415 e. The Labute approximate surface area is 140 Å². The van der Waals surface area contributed by atoms with E-state index in [1.54, 1.807) is 0 Å². The average molecular weight is 348 g/mol. The molecule has 0 radical (unpaired) electrons. The number of hydrogen-bond donors (Lipinski definition) is 3. The van der Waals surface area contributed by atoms with Crippen LogP contribution in [0.2, 0.25) is 18.1 Å². The van der Waals surface area contributed by atoms with Gasteiger partial charge in [0.05, 0.1) is 25.3 Å². The van der Waals surface area contributed by atoms with Gasteiger partial charge in [-0.3, -0.25) is 0 Å². The molecular formula is C16H33NO5Si. The van der Waals surface area contributed by atoms with Gasteiger partial charge in [0.25, 0.3) is 0 Å². The Kier molecular flexibility index (Phi) is 5.34. The van der Waals surface area contributed by atoms with Crippen LogP contribution < -0.4 is 5.32 Å². The van der Waals surface area contributed by atoms with Gasteiger partial charge in [0.1, 0.15) is 18.3 Å². The molecule has 2 heterocycles. The summed E-state index contributed by atoms with van der Waals surface area (Å²) < 4.78 is 17.9. The van der Waals surface area contributed by atoms with Gasteiger partial charge >= 0.3 is 0 Å². The predicted octanol–water partition coefficient (Wildman–Crippen LogP) is 1.22. The van der Waals surface area contributed by atoms with Crippen LogP contribution >= 0.6 is 0 Å². The molecule has 0 spiro atoms. The van der Waals surface area contributed by atoms with E-state index >= 15 is 0 Å².